The van der Waals surface area contributed by atoms with E-state index in [-0.39, 0.29) is 5.57 Å². The van der Waals surface area contributed by atoms with Crippen molar-refractivity contribution in [1.29, 1.82) is 0 Å². The van der Waals surface area contributed by atoms with Crippen molar-refractivity contribution in [1.82, 2.24) is 0 Å². The van der Waals surface area contributed by atoms with Gasteiger partial charge >= 0.3 is 104 Å². The molecule has 0 spiro atoms. The third-order valence-corrected chi connectivity index (χ3v) is 13.3. The van der Waals surface area contributed by atoms with E-state index in [1.807, 2.05) is 18.2 Å². The van der Waals surface area contributed by atoms with Gasteiger partial charge in [0.1, 0.15) is 0 Å². The fourth-order valence-corrected chi connectivity index (χ4v) is 9.98. The average Bonchev–Trinajstić information content (AvgIpc) is 2.89. The van der Waals surface area contributed by atoms with Gasteiger partial charge in [-0.05, 0) is 0 Å². The van der Waals surface area contributed by atoms with Gasteiger partial charge in [0, 0.05) is 0 Å². The fourth-order valence-electron chi connectivity index (χ4n) is 2.47. The predicted octanol–water partition coefficient (Wildman–Crippen LogP) is 4.86. The van der Waals surface area contributed by atoms with Crippen LogP contribution in [-0.2, 0) is 20.3 Å². The van der Waals surface area contributed by atoms with E-state index in [0.717, 1.165) is 6.42 Å². The maximum atomic E-state index is 12.9. The minimum atomic E-state index is -4.19. The SMILES string of the molecule is [CH3][Zr]([CH3])([C]1=CC=CC1)[C]1=C(C(F)(F)F)C=CC1. The summed E-state index contributed by atoms with van der Waals surface area (Å²) in [6, 6.07) is 0. The molecule has 0 aliphatic heterocycles. The van der Waals surface area contributed by atoms with Crippen LogP contribution in [0.2, 0.25) is 9.26 Å². The first-order chi connectivity index (χ1) is 7.83. The Hall–Kier alpha value is -0.367. The third kappa shape index (κ3) is 2.42. The number of allylic oxidation sites excluding steroid dienone is 8. The molecule has 92 valence electrons. The molecule has 17 heavy (non-hydrogen) atoms. The van der Waals surface area contributed by atoms with Crippen LogP contribution in [0.5, 0.6) is 0 Å². The summed E-state index contributed by atoms with van der Waals surface area (Å²) in [5.41, 5.74) is -0.369. The van der Waals surface area contributed by atoms with Crippen molar-refractivity contribution in [3.05, 3.63) is 42.5 Å². The second kappa shape index (κ2) is 4.38. The molecule has 0 saturated heterocycles. The second-order valence-corrected chi connectivity index (χ2v) is 16.0. The molecule has 0 fully saturated rings. The van der Waals surface area contributed by atoms with Gasteiger partial charge in [0.2, 0.25) is 0 Å². The molecular weight excluding hydrogens is 304 g/mol. The molecule has 0 aromatic rings. The molecule has 2 aliphatic carbocycles. The zero-order valence-corrected chi connectivity index (χ0v) is 12.4. The van der Waals surface area contributed by atoms with E-state index >= 15 is 0 Å². The molecule has 0 bridgehead atoms. The Labute approximate surface area is 104 Å². The van der Waals surface area contributed by atoms with Gasteiger partial charge in [-0.2, -0.15) is 0 Å². The first-order valence-electron chi connectivity index (χ1n) is 5.67. The normalized spacial score (nSPS) is 20.4. The summed E-state index contributed by atoms with van der Waals surface area (Å²) in [5, 5.41) is 0. The molecule has 0 unspecified atom stereocenters. The molecule has 2 rings (SSSR count). The van der Waals surface area contributed by atoms with Crippen LogP contribution in [0, 0.1) is 0 Å². The van der Waals surface area contributed by atoms with E-state index in [2.05, 4.69) is 9.26 Å². The van der Waals surface area contributed by atoms with Crippen molar-refractivity contribution >= 4 is 0 Å². The Bertz CT molecular complexity index is 448. The van der Waals surface area contributed by atoms with E-state index in [0.29, 0.717) is 9.70 Å². The molecule has 0 saturated carbocycles. The molecule has 0 amide bonds. The standard InChI is InChI=1S/C6H4F3.C5H5.2CH3.Zr/c7-6(8,9)5-3-1-2-4-5;1-2-4-5-3-1;;;/h1,3H,2H2;1-3H,4H2;2*1H3;. The summed E-state index contributed by atoms with van der Waals surface area (Å²) in [7, 11) is 0. The van der Waals surface area contributed by atoms with E-state index < -0.39 is 26.4 Å². The predicted molar refractivity (Wildman–Crippen MR) is 60.4 cm³/mol. The second-order valence-electron chi connectivity index (χ2n) is 4.95. The molecule has 0 aromatic carbocycles. The van der Waals surface area contributed by atoms with Gasteiger partial charge in [-0.3, -0.25) is 0 Å². The summed E-state index contributed by atoms with van der Waals surface area (Å²) in [4.78, 5) is 0. The molecule has 0 radical (unpaired) electrons. The number of rotatable bonds is 2. The Kier molecular flexibility index (Phi) is 3.37. The maximum absolute atomic E-state index is 12.9. The first-order valence-corrected chi connectivity index (χ1v) is 13.0. The van der Waals surface area contributed by atoms with E-state index in [1.54, 1.807) is 6.08 Å². The van der Waals surface area contributed by atoms with Crippen molar-refractivity contribution < 1.29 is 33.4 Å². The average molecular weight is 319 g/mol. The molecule has 4 heteroatoms. The van der Waals surface area contributed by atoms with Crippen LogP contribution in [0.1, 0.15) is 12.8 Å². The van der Waals surface area contributed by atoms with Gasteiger partial charge in [-0.15, -0.1) is 0 Å². The van der Waals surface area contributed by atoms with Crippen LogP contribution in [0.4, 0.5) is 13.2 Å². The Balaban J connectivity index is 2.40. The van der Waals surface area contributed by atoms with Crippen molar-refractivity contribution in [2.45, 2.75) is 28.3 Å². The fraction of sp³-hybridized carbons (Fsp3) is 0.385. The van der Waals surface area contributed by atoms with E-state index in [1.165, 1.54) is 9.36 Å². The third-order valence-electron chi connectivity index (χ3n) is 3.57. The molecule has 0 atom stereocenters. The summed E-state index contributed by atoms with van der Waals surface area (Å²) < 4.78 is 44.9. The number of halogens is 3. The van der Waals surface area contributed by atoms with Crippen LogP contribution >= 0.6 is 0 Å². The number of hydrogen-bond acceptors (Lipinski definition) is 0. The van der Waals surface area contributed by atoms with Crippen molar-refractivity contribution in [3.8, 4) is 0 Å². The molecule has 0 heterocycles. The molecule has 0 N–H and O–H groups in total. The molecular formula is C13H15F3Zr. The molecule has 0 nitrogen and oxygen atoms in total. The van der Waals surface area contributed by atoms with Crippen LogP contribution in [0.25, 0.3) is 0 Å². The quantitative estimate of drug-likeness (QED) is 0.682. The Morgan fingerprint density at radius 2 is 1.82 bits per heavy atom. The van der Waals surface area contributed by atoms with E-state index in [4.69, 9.17) is 0 Å². The Morgan fingerprint density at radius 1 is 1.12 bits per heavy atom. The first kappa shape index (κ1) is 13.1. The van der Waals surface area contributed by atoms with Gasteiger partial charge in [0.25, 0.3) is 0 Å². The topological polar surface area (TPSA) is 0 Å². The zero-order chi connectivity index (χ0) is 12.7. The zero-order valence-electron chi connectivity index (χ0n) is 9.93. The van der Waals surface area contributed by atoms with Crippen LogP contribution < -0.4 is 0 Å². The molecule has 2 aliphatic rings. The molecule has 0 aromatic heterocycles. The van der Waals surface area contributed by atoms with Gasteiger partial charge < -0.3 is 0 Å². The summed E-state index contributed by atoms with van der Waals surface area (Å²) in [6.07, 6.45) is 6.08. The van der Waals surface area contributed by atoms with Gasteiger partial charge in [-0.1, -0.05) is 0 Å². The number of alkyl halides is 3. The van der Waals surface area contributed by atoms with Gasteiger partial charge in [0.15, 0.2) is 0 Å². The summed E-state index contributed by atoms with van der Waals surface area (Å²) >= 11 is -2.93. The van der Waals surface area contributed by atoms with Crippen LogP contribution in [-0.4, -0.2) is 6.18 Å². The van der Waals surface area contributed by atoms with Gasteiger partial charge in [0.05, 0.1) is 0 Å². The van der Waals surface area contributed by atoms with Crippen LogP contribution in [0.3, 0.4) is 0 Å². The Morgan fingerprint density at radius 3 is 2.35 bits per heavy atom. The van der Waals surface area contributed by atoms with Crippen molar-refractivity contribution in [2.75, 3.05) is 0 Å². The monoisotopic (exact) mass is 318 g/mol. The number of hydrogen-bond donors (Lipinski definition) is 0. The van der Waals surface area contributed by atoms with Gasteiger partial charge in [-0.25, -0.2) is 0 Å². The minimum absolute atomic E-state index is 0.369. The summed E-state index contributed by atoms with van der Waals surface area (Å²) in [5.74, 6) is 0. The van der Waals surface area contributed by atoms with E-state index in [9.17, 15) is 13.2 Å². The van der Waals surface area contributed by atoms with Crippen molar-refractivity contribution in [2.24, 2.45) is 0 Å². The summed E-state index contributed by atoms with van der Waals surface area (Å²) in [6.45, 7) is 0. The van der Waals surface area contributed by atoms with Crippen molar-refractivity contribution in [3.63, 3.8) is 0 Å². The van der Waals surface area contributed by atoms with Crippen LogP contribution in [0.15, 0.2) is 42.5 Å².